The molecule has 0 aromatic rings. The van der Waals surface area contributed by atoms with E-state index in [1.54, 1.807) is 26.8 Å². The highest BCUT2D eigenvalue weighted by Crippen LogP contribution is 2.22. The largest absolute Gasteiger partial charge is 0.444 e. The molecule has 5 heteroatoms. The molecule has 0 spiro atoms. The van der Waals surface area contributed by atoms with Gasteiger partial charge in [-0.05, 0) is 20.8 Å². The lowest BCUT2D eigenvalue weighted by molar-refractivity contribution is -0.0648. The second-order valence-electron chi connectivity index (χ2n) is 4.48. The van der Waals surface area contributed by atoms with Crippen molar-refractivity contribution in [1.82, 2.24) is 4.90 Å². The summed E-state index contributed by atoms with van der Waals surface area (Å²) in [5.41, 5.74) is -1.92. The lowest BCUT2D eigenvalue weighted by atomic mass is 9.97. The van der Waals surface area contributed by atoms with Crippen LogP contribution in [-0.4, -0.2) is 40.4 Å². The third-order valence-electron chi connectivity index (χ3n) is 1.76. The highest BCUT2D eigenvalue weighted by atomic mass is 16.6. The maximum absolute atomic E-state index is 11.3. The number of hydrogen-bond acceptors (Lipinski definition) is 4. The predicted octanol–water partition coefficient (Wildman–Crippen LogP) is 0.492. The maximum Gasteiger partial charge on any atom is 0.410 e. The molecule has 0 bridgehead atoms. The van der Waals surface area contributed by atoms with Gasteiger partial charge in [0.1, 0.15) is 11.7 Å². The maximum atomic E-state index is 11.3. The summed E-state index contributed by atoms with van der Waals surface area (Å²) < 4.78 is 5.05. The number of hydrogen-bond donors (Lipinski definition) is 1. The number of ether oxygens (including phenoxy) is 1. The number of rotatable bonds is 0. The standard InChI is InChI=1S/C9H14N2O3/c1-8(2,3)14-7(12)11-5-9(13,4-10)6-11/h13H,5-6H2,1-3H3. The highest BCUT2D eigenvalue weighted by molar-refractivity contribution is 5.70. The average molecular weight is 198 g/mol. The van der Waals surface area contributed by atoms with E-state index >= 15 is 0 Å². The predicted molar refractivity (Wildman–Crippen MR) is 48.4 cm³/mol. The van der Waals surface area contributed by atoms with E-state index in [-0.39, 0.29) is 13.1 Å². The molecular formula is C9H14N2O3. The summed E-state index contributed by atoms with van der Waals surface area (Å²) in [5, 5.41) is 17.8. The average Bonchev–Trinajstić information content (AvgIpc) is 1.95. The first kappa shape index (κ1) is 10.8. The molecule has 0 radical (unpaired) electrons. The van der Waals surface area contributed by atoms with Crippen molar-refractivity contribution in [3.05, 3.63) is 0 Å². The molecule has 1 aliphatic rings. The van der Waals surface area contributed by atoms with Gasteiger partial charge in [-0.1, -0.05) is 0 Å². The third kappa shape index (κ3) is 2.36. The Hall–Kier alpha value is -1.28. The van der Waals surface area contributed by atoms with Crippen molar-refractivity contribution in [2.45, 2.75) is 32.0 Å². The van der Waals surface area contributed by atoms with Gasteiger partial charge in [0.2, 0.25) is 0 Å². The SMILES string of the molecule is CC(C)(C)OC(=O)N1CC(O)(C#N)C1. The molecule has 78 valence electrons. The Morgan fingerprint density at radius 3 is 2.43 bits per heavy atom. The molecule has 1 N–H and O–H groups in total. The number of β-amino-alcohol motifs (C(OH)–C–C–N with tert-alkyl or cyclic N) is 1. The zero-order valence-electron chi connectivity index (χ0n) is 8.57. The van der Waals surface area contributed by atoms with Gasteiger partial charge in [-0.2, -0.15) is 5.26 Å². The number of nitrogens with zero attached hydrogens (tertiary/aromatic N) is 2. The van der Waals surface area contributed by atoms with Crippen LogP contribution in [0.25, 0.3) is 0 Å². The van der Waals surface area contributed by atoms with Crippen LogP contribution in [0.2, 0.25) is 0 Å². The van der Waals surface area contributed by atoms with Gasteiger partial charge in [0.15, 0.2) is 5.60 Å². The molecule has 1 aliphatic heterocycles. The first-order valence-electron chi connectivity index (χ1n) is 4.37. The minimum absolute atomic E-state index is 0.0262. The molecule has 1 amide bonds. The second kappa shape index (κ2) is 3.14. The molecule has 1 fully saturated rings. The third-order valence-corrected chi connectivity index (χ3v) is 1.76. The number of likely N-dealkylation sites (tertiary alicyclic amines) is 1. The van der Waals surface area contributed by atoms with Crippen LogP contribution in [0.1, 0.15) is 20.8 Å². The van der Waals surface area contributed by atoms with Crippen molar-refractivity contribution in [2.24, 2.45) is 0 Å². The summed E-state index contributed by atoms with van der Waals surface area (Å²) in [6.45, 7) is 5.35. The fraction of sp³-hybridized carbons (Fsp3) is 0.778. The van der Waals surface area contributed by atoms with Crippen molar-refractivity contribution in [3.63, 3.8) is 0 Å². The smallest absolute Gasteiger partial charge is 0.410 e. The van der Waals surface area contributed by atoms with Crippen LogP contribution in [0, 0.1) is 11.3 Å². The minimum atomic E-state index is -1.38. The van der Waals surface area contributed by atoms with Gasteiger partial charge in [0.05, 0.1) is 13.1 Å². The van der Waals surface area contributed by atoms with Gasteiger partial charge in [-0.3, -0.25) is 0 Å². The number of aliphatic hydroxyl groups is 1. The monoisotopic (exact) mass is 198 g/mol. The van der Waals surface area contributed by atoms with E-state index in [2.05, 4.69) is 0 Å². The number of amides is 1. The van der Waals surface area contributed by atoms with Gasteiger partial charge < -0.3 is 14.7 Å². The Morgan fingerprint density at radius 1 is 1.57 bits per heavy atom. The van der Waals surface area contributed by atoms with Gasteiger partial charge in [0.25, 0.3) is 0 Å². The van der Waals surface area contributed by atoms with Crippen LogP contribution in [0.4, 0.5) is 4.79 Å². The lowest BCUT2D eigenvalue weighted by Crippen LogP contribution is -2.63. The van der Waals surface area contributed by atoms with Crippen LogP contribution in [0.5, 0.6) is 0 Å². The molecule has 1 saturated heterocycles. The van der Waals surface area contributed by atoms with Crippen LogP contribution in [0.15, 0.2) is 0 Å². The van der Waals surface area contributed by atoms with E-state index < -0.39 is 17.3 Å². The molecular weight excluding hydrogens is 184 g/mol. The van der Waals surface area contributed by atoms with Crippen molar-refractivity contribution < 1.29 is 14.6 Å². The fourth-order valence-electron chi connectivity index (χ4n) is 1.11. The number of carbonyl (C=O) groups excluding carboxylic acids is 1. The summed E-state index contributed by atoms with van der Waals surface area (Å²) >= 11 is 0. The summed E-state index contributed by atoms with van der Waals surface area (Å²) in [6, 6.07) is 1.73. The topological polar surface area (TPSA) is 73.6 Å². The fourth-order valence-corrected chi connectivity index (χ4v) is 1.11. The van der Waals surface area contributed by atoms with Crippen molar-refractivity contribution in [3.8, 4) is 6.07 Å². The Balaban J connectivity index is 2.42. The second-order valence-corrected chi connectivity index (χ2v) is 4.48. The quantitative estimate of drug-likeness (QED) is 0.575. The van der Waals surface area contributed by atoms with Gasteiger partial charge in [-0.25, -0.2) is 4.79 Å². The van der Waals surface area contributed by atoms with E-state index in [9.17, 15) is 9.90 Å². The van der Waals surface area contributed by atoms with Crippen molar-refractivity contribution in [1.29, 1.82) is 5.26 Å². The molecule has 14 heavy (non-hydrogen) atoms. The van der Waals surface area contributed by atoms with Gasteiger partial charge in [-0.15, -0.1) is 0 Å². The first-order chi connectivity index (χ1) is 6.26. The van der Waals surface area contributed by atoms with E-state index in [4.69, 9.17) is 10.00 Å². The summed E-state index contributed by atoms with van der Waals surface area (Å²) in [4.78, 5) is 12.6. The zero-order valence-corrected chi connectivity index (χ0v) is 8.57. The Labute approximate surface area is 82.9 Å². The molecule has 1 heterocycles. The van der Waals surface area contributed by atoms with E-state index in [1.807, 2.05) is 0 Å². The van der Waals surface area contributed by atoms with Crippen LogP contribution >= 0.6 is 0 Å². The summed E-state index contributed by atoms with van der Waals surface area (Å²) in [6.07, 6.45) is -0.488. The van der Waals surface area contributed by atoms with Crippen LogP contribution < -0.4 is 0 Å². The number of nitriles is 1. The molecule has 0 saturated carbocycles. The first-order valence-corrected chi connectivity index (χ1v) is 4.37. The molecule has 0 unspecified atom stereocenters. The number of carbonyl (C=O) groups is 1. The van der Waals surface area contributed by atoms with E-state index in [0.717, 1.165) is 0 Å². The zero-order chi connectivity index (χ0) is 11.0. The molecule has 0 aromatic heterocycles. The minimum Gasteiger partial charge on any atom is -0.444 e. The van der Waals surface area contributed by atoms with Crippen molar-refractivity contribution in [2.75, 3.05) is 13.1 Å². The van der Waals surface area contributed by atoms with Gasteiger partial charge >= 0.3 is 6.09 Å². The highest BCUT2D eigenvalue weighted by Gasteiger charge is 2.45. The molecule has 0 aromatic carbocycles. The van der Waals surface area contributed by atoms with Crippen LogP contribution in [-0.2, 0) is 4.74 Å². The van der Waals surface area contributed by atoms with Crippen molar-refractivity contribution >= 4 is 6.09 Å². The van der Waals surface area contributed by atoms with E-state index in [0.29, 0.717) is 0 Å². The lowest BCUT2D eigenvalue weighted by Gasteiger charge is -2.41. The molecule has 5 nitrogen and oxygen atoms in total. The molecule has 0 atom stereocenters. The molecule has 0 aliphatic carbocycles. The summed E-state index contributed by atoms with van der Waals surface area (Å²) in [7, 11) is 0. The normalized spacial score (nSPS) is 19.5. The Bertz CT molecular complexity index is 281. The Morgan fingerprint density at radius 2 is 2.07 bits per heavy atom. The molecule has 1 rings (SSSR count). The van der Waals surface area contributed by atoms with E-state index in [1.165, 1.54) is 4.90 Å². The van der Waals surface area contributed by atoms with Crippen LogP contribution in [0.3, 0.4) is 0 Å². The summed E-state index contributed by atoms with van der Waals surface area (Å²) in [5.74, 6) is 0. The Kier molecular flexibility index (Phi) is 2.42. The van der Waals surface area contributed by atoms with Gasteiger partial charge in [0, 0.05) is 0 Å².